The lowest BCUT2D eigenvalue weighted by molar-refractivity contribution is 0.102. The van der Waals surface area contributed by atoms with Gasteiger partial charge in [0.15, 0.2) is 0 Å². The van der Waals surface area contributed by atoms with Crippen molar-refractivity contribution in [3.63, 3.8) is 0 Å². The summed E-state index contributed by atoms with van der Waals surface area (Å²) in [5.74, 6) is 1.42. The van der Waals surface area contributed by atoms with E-state index in [4.69, 9.17) is 0 Å². The molecule has 4 N–H and O–H groups in total. The fourth-order valence-corrected chi connectivity index (χ4v) is 5.13. The van der Waals surface area contributed by atoms with Crippen molar-refractivity contribution in [2.24, 2.45) is 0 Å². The largest absolute Gasteiger partial charge is 0.362 e. The van der Waals surface area contributed by atoms with E-state index in [1.54, 1.807) is 0 Å². The smallest absolute Gasteiger partial charge is 0.255 e. The second kappa shape index (κ2) is 15.2. The monoisotopic (exact) mass is 528 g/mol. The van der Waals surface area contributed by atoms with Crippen molar-refractivity contribution in [3.05, 3.63) is 82.6 Å². The highest BCUT2D eigenvalue weighted by molar-refractivity contribution is 6.06. The summed E-state index contributed by atoms with van der Waals surface area (Å²) in [6.45, 7) is 12.7. The number of benzene rings is 2. The van der Waals surface area contributed by atoms with Crippen molar-refractivity contribution in [2.75, 3.05) is 16.0 Å². The van der Waals surface area contributed by atoms with Crippen molar-refractivity contribution < 1.29 is 4.79 Å². The molecule has 0 saturated carbocycles. The van der Waals surface area contributed by atoms with E-state index < -0.39 is 0 Å². The van der Waals surface area contributed by atoms with E-state index >= 15 is 0 Å². The highest BCUT2D eigenvalue weighted by Gasteiger charge is 2.22. The Morgan fingerprint density at radius 3 is 2.28 bits per heavy atom. The van der Waals surface area contributed by atoms with E-state index in [-0.39, 0.29) is 12.1 Å². The number of aromatic nitrogens is 1. The van der Waals surface area contributed by atoms with Crippen molar-refractivity contribution in [1.29, 1.82) is 0 Å². The van der Waals surface area contributed by atoms with Crippen LogP contribution in [0.3, 0.4) is 0 Å². The molecule has 3 aromatic rings. The molecule has 2 unspecified atom stereocenters. The average molecular weight is 529 g/mol. The maximum atomic E-state index is 13.2. The number of carbonyl (C=O) groups excluding carboxylic acids is 1. The molecular formula is C34H48N4O. The molecule has 5 nitrogen and oxygen atoms in total. The van der Waals surface area contributed by atoms with Crippen LogP contribution in [0.1, 0.15) is 112 Å². The normalized spacial score (nSPS) is 14.5. The number of rotatable bonds is 12. The Hall–Kier alpha value is -3.47. The van der Waals surface area contributed by atoms with Crippen LogP contribution >= 0.6 is 0 Å². The van der Waals surface area contributed by atoms with Crippen LogP contribution in [0.15, 0.2) is 54.6 Å². The minimum absolute atomic E-state index is 0.0388. The van der Waals surface area contributed by atoms with Crippen LogP contribution in [0.5, 0.6) is 0 Å². The van der Waals surface area contributed by atoms with Crippen LogP contribution in [-0.4, -0.2) is 17.1 Å². The summed E-state index contributed by atoms with van der Waals surface area (Å²) in [6.07, 6.45) is 12.3. The van der Waals surface area contributed by atoms with Gasteiger partial charge in [0, 0.05) is 22.5 Å². The first-order valence-electron chi connectivity index (χ1n) is 15.0. The first-order chi connectivity index (χ1) is 19.0. The molecular weight excluding hydrogens is 480 g/mol. The molecule has 2 aromatic carbocycles. The zero-order valence-electron chi connectivity index (χ0n) is 24.8. The van der Waals surface area contributed by atoms with Gasteiger partial charge in [-0.3, -0.25) is 4.79 Å². The van der Waals surface area contributed by atoms with Gasteiger partial charge in [-0.2, -0.15) is 0 Å². The third-order valence-electron chi connectivity index (χ3n) is 7.27. The maximum Gasteiger partial charge on any atom is 0.255 e. The third-order valence-corrected chi connectivity index (χ3v) is 7.27. The van der Waals surface area contributed by atoms with Crippen molar-refractivity contribution in [1.82, 2.24) is 4.98 Å². The topological polar surface area (TPSA) is 69.0 Å². The van der Waals surface area contributed by atoms with Gasteiger partial charge in [0.05, 0.1) is 5.69 Å². The van der Waals surface area contributed by atoms with Crippen molar-refractivity contribution in [2.45, 2.75) is 98.6 Å². The van der Waals surface area contributed by atoms with Gasteiger partial charge in [0.2, 0.25) is 0 Å². The molecule has 0 saturated heterocycles. The molecule has 1 aliphatic rings. The number of amides is 1. The van der Waals surface area contributed by atoms with E-state index in [1.807, 2.05) is 26.0 Å². The maximum absolute atomic E-state index is 13.2. The molecule has 1 aliphatic heterocycles. The number of H-pyrrole nitrogens is 1. The lowest BCUT2D eigenvalue weighted by Crippen LogP contribution is -2.28. The molecule has 0 fully saturated rings. The van der Waals surface area contributed by atoms with Crippen LogP contribution in [0, 0.1) is 6.92 Å². The van der Waals surface area contributed by atoms with Gasteiger partial charge in [0.25, 0.3) is 5.91 Å². The summed E-state index contributed by atoms with van der Waals surface area (Å²) in [5.41, 5.74) is 7.19. The first kappa shape index (κ1) is 30.1. The van der Waals surface area contributed by atoms with E-state index in [2.05, 4.69) is 97.2 Å². The molecule has 2 heterocycles. The fraction of sp³-hybridized carbons (Fsp3) is 0.441. The highest BCUT2D eigenvalue weighted by Crippen LogP contribution is 2.34. The molecule has 2 atom stereocenters. The van der Waals surface area contributed by atoms with Gasteiger partial charge in [-0.05, 0) is 74.1 Å². The minimum Gasteiger partial charge on any atom is -0.362 e. The van der Waals surface area contributed by atoms with Crippen LogP contribution < -0.4 is 16.0 Å². The van der Waals surface area contributed by atoms with Gasteiger partial charge >= 0.3 is 0 Å². The Labute approximate surface area is 235 Å². The molecule has 1 amide bonds. The van der Waals surface area contributed by atoms with E-state index in [1.165, 1.54) is 49.7 Å². The third kappa shape index (κ3) is 8.01. The van der Waals surface area contributed by atoms with Gasteiger partial charge in [-0.15, -0.1) is 0 Å². The molecule has 1 aromatic heterocycles. The molecule has 0 bridgehead atoms. The Bertz CT molecular complexity index is 1190. The standard InChI is InChI=1S/C32H42N4O.C2H6/c1-5-8-9-11-23(10-6-2)24-14-16-25(17-15-24)32(37)36-30-27-20-21-29(35-31(27)34-28(30)7-3)33-26-18-12-22(4)13-19-26;1-2/h12-21,23,29,33-35H,5-11H2,1-4H3,(H,36,37);1-2H3. The lowest BCUT2D eigenvalue weighted by Gasteiger charge is -2.22. The van der Waals surface area contributed by atoms with E-state index in [9.17, 15) is 4.79 Å². The predicted octanol–water partition coefficient (Wildman–Crippen LogP) is 9.50. The molecule has 39 heavy (non-hydrogen) atoms. The Balaban J connectivity index is 0.00000205. The minimum atomic E-state index is -0.0746. The summed E-state index contributed by atoms with van der Waals surface area (Å²) >= 11 is 0. The summed E-state index contributed by atoms with van der Waals surface area (Å²) in [4.78, 5) is 16.7. The van der Waals surface area contributed by atoms with Crippen LogP contribution in [0.4, 0.5) is 17.2 Å². The second-order valence-corrected chi connectivity index (χ2v) is 10.2. The number of unbranched alkanes of at least 4 members (excludes halogenated alkanes) is 2. The summed E-state index contributed by atoms with van der Waals surface area (Å²) in [5, 5.41) is 10.2. The number of carbonyl (C=O) groups is 1. The Kier molecular flexibility index (Phi) is 11.7. The highest BCUT2D eigenvalue weighted by atomic mass is 16.1. The number of hydrogen-bond acceptors (Lipinski definition) is 3. The molecule has 0 radical (unpaired) electrons. The summed E-state index contributed by atoms with van der Waals surface area (Å²) < 4.78 is 0. The summed E-state index contributed by atoms with van der Waals surface area (Å²) in [7, 11) is 0. The fourth-order valence-electron chi connectivity index (χ4n) is 5.13. The predicted molar refractivity (Wildman–Crippen MR) is 169 cm³/mol. The van der Waals surface area contributed by atoms with Crippen LogP contribution in [0.25, 0.3) is 6.08 Å². The quantitative estimate of drug-likeness (QED) is 0.177. The van der Waals surface area contributed by atoms with Crippen LogP contribution in [0.2, 0.25) is 0 Å². The molecule has 4 rings (SSSR count). The molecule has 0 aliphatic carbocycles. The second-order valence-electron chi connectivity index (χ2n) is 10.2. The SMILES string of the molecule is CC.CCCCCC(CCC)c1ccc(C(=O)Nc2c(CC)[nH]c3c2C=CC(Nc2ccc(C)cc2)N3)cc1. The number of aryl methyl sites for hydroxylation is 2. The number of fused-ring (bicyclic) bond motifs is 1. The first-order valence-corrected chi connectivity index (χ1v) is 15.0. The van der Waals surface area contributed by atoms with E-state index in [0.717, 1.165) is 34.9 Å². The Morgan fingerprint density at radius 2 is 1.64 bits per heavy atom. The van der Waals surface area contributed by atoms with E-state index in [0.29, 0.717) is 11.5 Å². The number of aromatic amines is 1. The molecule has 5 heteroatoms. The van der Waals surface area contributed by atoms with Gasteiger partial charge in [-0.25, -0.2) is 0 Å². The zero-order valence-corrected chi connectivity index (χ0v) is 24.8. The number of hydrogen-bond donors (Lipinski definition) is 4. The average Bonchev–Trinajstić information content (AvgIpc) is 3.31. The lowest BCUT2D eigenvalue weighted by atomic mass is 9.89. The van der Waals surface area contributed by atoms with Crippen molar-refractivity contribution >= 4 is 29.2 Å². The summed E-state index contributed by atoms with van der Waals surface area (Å²) in [6, 6.07) is 16.6. The number of nitrogens with one attached hydrogen (secondary N) is 4. The van der Waals surface area contributed by atoms with Crippen LogP contribution in [-0.2, 0) is 6.42 Å². The molecule has 210 valence electrons. The van der Waals surface area contributed by atoms with Gasteiger partial charge < -0.3 is 20.9 Å². The number of anilines is 3. The Morgan fingerprint density at radius 1 is 0.923 bits per heavy atom. The van der Waals surface area contributed by atoms with Crippen molar-refractivity contribution in [3.8, 4) is 0 Å². The van der Waals surface area contributed by atoms with Gasteiger partial charge in [0.1, 0.15) is 12.0 Å². The molecule has 0 spiro atoms. The van der Waals surface area contributed by atoms with Gasteiger partial charge in [-0.1, -0.05) is 90.1 Å². The zero-order chi connectivity index (χ0) is 28.2.